The molecule has 0 radical (unpaired) electrons. The number of thiocarbonyl (C=S) groups is 1. The van der Waals surface area contributed by atoms with Crippen molar-refractivity contribution in [1.82, 2.24) is 0 Å². The van der Waals surface area contributed by atoms with Gasteiger partial charge in [0.05, 0.1) is 0 Å². The summed E-state index contributed by atoms with van der Waals surface area (Å²) in [6.45, 7) is 0. The van der Waals surface area contributed by atoms with Gasteiger partial charge in [-0.05, 0) is 83.3 Å². The molecular weight excluding hydrogens is 423 g/mol. The van der Waals surface area contributed by atoms with Gasteiger partial charge >= 0.3 is 0 Å². The zero-order chi connectivity index (χ0) is 13.0. The average molecular weight is 433 g/mol. The zero-order valence-corrected chi connectivity index (χ0v) is 13.8. The summed E-state index contributed by atoms with van der Waals surface area (Å²) in [5.41, 5.74) is 1.94. The molecule has 2 nitrogen and oxygen atoms in total. The second-order valence-electron chi connectivity index (χ2n) is 3.59. The molecule has 0 spiro atoms. The van der Waals surface area contributed by atoms with E-state index in [0.29, 0.717) is 5.11 Å². The van der Waals surface area contributed by atoms with Crippen LogP contribution < -0.4 is 10.6 Å². The fourth-order valence-corrected chi connectivity index (χ4v) is 2.22. The van der Waals surface area contributed by atoms with Crippen molar-refractivity contribution in [3.63, 3.8) is 0 Å². The van der Waals surface area contributed by atoms with Crippen molar-refractivity contribution in [3.05, 3.63) is 56.6 Å². The molecule has 0 fully saturated rings. The summed E-state index contributed by atoms with van der Waals surface area (Å²) < 4.78 is 2.24. The van der Waals surface area contributed by atoms with E-state index in [-0.39, 0.29) is 0 Å². The van der Waals surface area contributed by atoms with Gasteiger partial charge < -0.3 is 10.6 Å². The van der Waals surface area contributed by atoms with Gasteiger partial charge in [-0.3, -0.25) is 0 Å². The van der Waals surface area contributed by atoms with Gasteiger partial charge in [0.25, 0.3) is 0 Å². The Balaban J connectivity index is 1.96. The molecule has 0 aromatic heterocycles. The predicted octanol–water partition coefficient (Wildman–Crippen LogP) is 4.86. The normalized spacial score (nSPS) is 9.89. The van der Waals surface area contributed by atoms with Gasteiger partial charge in [0.1, 0.15) is 0 Å². The SMILES string of the molecule is S=C(Nc1ccc(Br)cc1)Nc1ccc(I)cc1. The third-order valence-electron chi connectivity index (χ3n) is 2.20. The largest absolute Gasteiger partial charge is 0.332 e. The van der Waals surface area contributed by atoms with Crippen molar-refractivity contribution in [3.8, 4) is 0 Å². The molecule has 0 bridgehead atoms. The third kappa shape index (κ3) is 4.22. The fraction of sp³-hybridized carbons (Fsp3) is 0. The highest BCUT2D eigenvalue weighted by Gasteiger charge is 1.98. The molecule has 0 aliphatic carbocycles. The van der Waals surface area contributed by atoms with Crippen molar-refractivity contribution in [2.24, 2.45) is 0 Å². The molecule has 0 heterocycles. The van der Waals surface area contributed by atoms with E-state index in [1.165, 1.54) is 3.57 Å². The van der Waals surface area contributed by atoms with Crippen LogP contribution in [0.3, 0.4) is 0 Å². The Hall–Kier alpha value is -0.660. The molecule has 2 rings (SSSR count). The number of anilines is 2. The molecule has 0 saturated heterocycles. The Labute approximate surface area is 133 Å². The number of nitrogens with one attached hydrogen (secondary N) is 2. The summed E-state index contributed by atoms with van der Waals surface area (Å²) >= 11 is 10.9. The number of benzene rings is 2. The van der Waals surface area contributed by atoms with E-state index in [2.05, 4.69) is 49.2 Å². The second-order valence-corrected chi connectivity index (χ2v) is 6.16. The molecule has 0 aliphatic heterocycles. The van der Waals surface area contributed by atoms with Crippen molar-refractivity contribution in [1.29, 1.82) is 0 Å². The summed E-state index contributed by atoms with van der Waals surface area (Å²) in [7, 11) is 0. The number of hydrogen-bond donors (Lipinski definition) is 2. The molecule has 5 heteroatoms. The van der Waals surface area contributed by atoms with Crippen LogP contribution in [0.4, 0.5) is 11.4 Å². The van der Waals surface area contributed by atoms with Crippen molar-refractivity contribution < 1.29 is 0 Å². The summed E-state index contributed by atoms with van der Waals surface area (Å²) in [4.78, 5) is 0. The topological polar surface area (TPSA) is 24.1 Å². The zero-order valence-electron chi connectivity index (χ0n) is 9.28. The van der Waals surface area contributed by atoms with Crippen LogP contribution in [0.25, 0.3) is 0 Å². The molecule has 0 unspecified atom stereocenters. The minimum Gasteiger partial charge on any atom is -0.332 e. The van der Waals surface area contributed by atoms with Crippen LogP contribution in [-0.4, -0.2) is 5.11 Å². The van der Waals surface area contributed by atoms with Gasteiger partial charge in [-0.1, -0.05) is 15.9 Å². The summed E-state index contributed by atoms with van der Waals surface area (Å²) in [5, 5.41) is 6.85. The maximum absolute atomic E-state index is 5.25. The minimum atomic E-state index is 0.582. The first-order valence-corrected chi connectivity index (χ1v) is 7.50. The van der Waals surface area contributed by atoms with Gasteiger partial charge in [0.2, 0.25) is 0 Å². The summed E-state index contributed by atoms with van der Waals surface area (Å²) in [6.07, 6.45) is 0. The number of hydrogen-bond acceptors (Lipinski definition) is 1. The standard InChI is InChI=1S/C13H10BrIN2S/c14-9-1-5-11(6-2-9)16-13(18)17-12-7-3-10(15)4-8-12/h1-8H,(H2,16,17,18). The molecule has 92 valence electrons. The second kappa shape index (κ2) is 6.49. The fourth-order valence-electron chi connectivity index (χ4n) is 1.36. The maximum atomic E-state index is 5.25. The van der Waals surface area contributed by atoms with Crippen molar-refractivity contribution >= 4 is 67.2 Å². The van der Waals surface area contributed by atoms with Gasteiger partial charge in [-0.2, -0.15) is 0 Å². The Morgan fingerprint density at radius 1 is 0.889 bits per heavy atom. The quantitative estimate of drug-likeness (QED) is 0.523. The van der Waals surface area contributed by atoms with E-state index in [9.17, 15) is 0 Å². The predicted molar refractivity (Wildman–Crippen MR) is 93.1 cm³/mol. The highest BCUT2D eigenvalue weighted by Crippen LogP contribution is 2.15. The highest BCUT2D eigenvalue weighted by atomic mass is 127. The smallest absolute Gasteiger partial charge is 0.175 e. The van der Waals surface area contributed by atoms with E-state index in [0.717, 1.165) is 15.8 Å². The molecule has 2 N–H and O–H groups in total. The Kier molecular flexibility index (Phi) is 4.96. The minimum absolute atomic E-state index is 0.582. The molecule has 0 atom stereocenters. The lowest BCUT2D eigenvalue weighted by molar-refractivity contribution is 1.57. The summed E-state index contributed by atoms with van der Waals surface area (Å²) in [6, 6.07) is 15.9. The first kappa shape index (κ1) is 13.8. The highest BCUT2D eigenvalue weighted by molar-refractivity contribution is 14.1. The lowest BCUT2D eigenvalue weighted by Crippen LogP contribution is -2.18. The van der Waals surface area contributed by atoms with Crippen LogP contribution >= 0.6 is 50.7 Å². The van der Waals surface area contributed by atoms with Crippen LogP contribution in [-0.2, 0) is 0 Å². The first-order chi connectivity index (χ1) is 8.63. The Morgan fingerprint density at radius 3 is 1.83 bits per heavy atom. The van der Waals surface area contributed by atoms with E-state index in [4.69, 9.17) is 12.2 Å². The molecular formula is C13H10BrIN2S. The number of rotatable bonds is 2. The van der Waals surface area contributed by atoms with Crippen LogP contribution in [0.1, 0.15) is 0 Å². The van der Waals surface area contributed by atoms with Crippen LogP contribution in [0, 0.1) is 3.57 Å². The van der Waals surface area contributed by atoms with E-state index < -0.39 is 0 Å². The lowest BCUT2D eigenvalue weighted by Gasteiger charge is -2.10. The monoisotopic (exact) mass is 432 g/mol. The molecule has 0 amide bonds. The molecule has 0 saturated carbocycles. The molecule has 0 aliphatic rings. The lowest BCUT2D eigenvalue weighted by atomic mass is 10.3. The van der Waals surface area contributed by atoms with Crippen LogP contribution in [0.5, 0.6) is 0 Å². The van der Waals surface area contributed by atoms with Gasteiger partial charge in [0, 0.05) is 19.4 Å². The molecule has 18 heavy (non-hydrogen) atoms. The van der Waals surface area contributed by atoms with Crippen LogP contribution in [0.2, 0.25) is 0 Å². The molecule has 2 aromatic rings. The maximum Gasteiger partial charge on any atom is 0.175 e. The average Bonchev–Trinajstić information content (AvgIpc) is 2.35. The van der Waals surface area contributed by atoms with Gasteiger partial charge in [-0.25, -0.2) is 0 Å². The van der Waals surface area contributed by atoms with E-state index in [1.807, 2.05) is 48.5 Å². The van der Waals surface area contributed by atoms with E-state index in [1.54, 1.807) is 0 Å². The first-order valence-electron chi connectivity index (χ1n) is 5.22. The van der Waals surface area contributed by atoms with Crippen LogP contribution in [0.15, 0.2) is 53.0 Å². The third-order valence-corrected chi connectivity index (χ3v) is 3.66. The number of halogens is 2. The van der Waals surface area contributed by atoms with Crippen molar-refractivity contribution in [2.75, 3.05) is 10.6 Å². The van der Waals surface area contributed by atoms with E-state index >= 15 is 0 Å². The summed E-state index contributed by atoms with van der Waals surface area (Å²) in [5.74, 6) is 0. The Morgan fingerprint density at radius 2 is 1.33 bits per heavy atom. The Bertz CT molecular complexity index is 490. The van der Waals surface area contributed by atoms with Gasteiger partial charge in [0.15, 0.2) is 5.11 Å². The van der Waals surface area contributed by atoms with Crippen molar-refractivity contribution in [2.45, 2.75) is 0 Å². The molecule has 2 aromatic carbocycles. The van der Waals surface area contributed by atoms with Gasteiger partial charge in [-0.15, -0.1) is 0 Å².